The Hall–Kier alpha value is -0.980. The van der Waals surface area contributed by atoms with Crippen LogP contribution in [-0.4, -0.2) is 12.1 Å². The molecule has 1 aromatic rings. The van der Waals surface area contributed by atoms with Crippen LogP contribution in [0.1, 0.15) is 80.4 Å². The predicted octanol–water partition coefficient (Wildman–Crippen LogP) is 6.20. The van der Waals surface area contributed by atoms with Crippen molar-refractivity contribution in [3.63, 3.8) is 0 Å². The molecule has 1 aliphatic rings. The Balaban J connectivity index is 0.000000921. The van der Waals surface area contributed by atoms with Crippen molar-refractivity contribution in [2.24, 2.45) is 0 Å². The van der Waals surface area contributed by atoms with Crippen LogP contribution in [0.5, 0.6) is 0 Å². The third-order valence-corrected chi connectivity index (χ3v) is 3.65. The molecule has 1 heterocycles. The van der Waals surface area contributed by atoms with Crippen LogP contribution in [0, 0.1) is 0 Å². The summed E-state index contributed by atoms with van der Waals surface area (Å²) in [6.07, 6.45) is 1.19. The minimum atomic E-state index is 0.231. The van der Waals surface area contributed by atoms with Crippen molar-refractivity contribution in [1.82, 2.24) is 0 Å². The van der Waals surface area contributed by atoms with Crippen LogP contribution in [-0.2, 0) is 11.8 Å². The van der Waals surface area contributed by atoms with Gasteiger partial charge in [-0.05, 0) is 49.8 Å². The van der Waals surface area contributed by atoms with Crippen molar-refractivity contribution < 1.29 is 0 Å². The predicted molar refractivity (Wildman–Crippen MR) is 98.6 cm³/mol. The number of rotatable bonds is 0. The lowest BCUT2D eigenvalue weighted by molar-refractivity contribution is 0.518. The fourth-order valence-corrected chi connectivity index (χ4v) is 2.57. The lowest BCUT2D eigenvalue weighted by Crippen LogP contribution is -2.40. The van der Waals surface area contributed by atoms with Gasteiger partial charge in [0.05, 0.1) is 0 Å². The average molecular weight is 292 g/mol. The lowest BCUT2D eigenvalue weighted by Gasteiger charge is -2.34. The first kappa shape index (κ1) is 20.0. The van der Waals surface area contributed by atoms with Crippen molar-refractivity contribution in [2.45, 2.75) is 86.6 Å². The van der Waals surface area contributed by atoms with Crippen LogP contribution in [0.2, 0.25) is 0 Å². The smallest absolute Gasteiger partial charge is 0.0404 e. The highest BCUT2D eigenvalue weighted by Gasteiger charge is 2.29. The molecule has 0 atom stereocenters. The zero-order chi connectivity index (χ0) is 16.8. The SMILES string of the molecule is CC.CC.CC(C)(C)c1ccc2c(c1)CCN2C(C)(C)C. The van der Waals surface area contributed by atoms with Gasteiger partial charge in [0.15, 0.2) is 0 Å². The second-order valence-corrected chi connectivity index (χ2v) is 7.17. The first-order chi connectivity index (χ1) is 9.69. The quantitative estimate of drug-likeness (QED) is 0.550. The van der Waals surface area contributed by atoms with E-state index in [1.54, 1.807) is 0 Å². The van der Waals surface area contributed by atoms with Crippen molar-refractivity contribution in [3.8, 4) is 0 Å². The van der Waals surface area contributed by atoms with Gasteiger partial charge in [-0.3, -0.25) is 0 Å². The fourth-order valence-electron chi connectivity index (χ4n) is 2.57. The number of nitrogens with zero attached hydrogens (tertiary/aromatic N) is 1. The summed E-state index contributed by atoms with van der Waals surface area (Å²) in [5, 5.41) is 0. The van der Waals surface area contributed by atoms with Crippen LogP contribution in [0.15, 0.2) is 18.2 Å². The minimum Gasteiger partial charge on any atom is -0.366 e. The van der Waals surface area contributed by atoms with Crippen LogP contribution in [0.25, 0.3) is 0 Å². The van der Waals surface area contributed by atoms with Crippen molar-refractivity contribution in [2.75, 3.05) is 11.4 Å². The van der Waals surface area contributed by atoms with E-state index in [0.717, 1.165) is 6.54 Å². The highest BCUT2D eigenvalue weighted by Crippen LogP contribution is 2.36. The largest absolute Gasteiger partial charge is 0.366 e. The molecule has 1 heteroatoms. The zero-order valence-electron chi connectivity index (χ0n) is 16.1. The molecule has 2 rings (SSSR count). The maximum atomic E-state index is 2.52. The van der Waals surface area contributed by atoms with E-state index in [0.29, 0.717) is 0 Å². The molecule has 1 aliphatic heterocycles. The summed E-state index contributed by atoms with van der Waals surface area (Å²) in [5.41, 5.74) is 4.89. The lowest BCUT2D eigenvalue weighted by atomic mass is 9.86. The summed E-state index contributed by atoms with van der Waals surface area (Å²) in [6, 6.07) is 7.01. The first-order valence-electron chi connectivity index (χ1n) is 8.61. The maximum Gasteiger partial charge on any atom is 0.0404 e. The van der Waals surface area contributed by atoms with Gasteiger partial charge in [-0.1, -0.05) is 60.6 Å². The third-order valence-electron chi connectivity index (χ3n) is 3.65. The van der Waals surface area contributed by atoms with E-state index in [4.69, 9.17) is 0 Å². The monoisotopic (exact) mass is 291 g/mol. The van der Waals surface area contributed by atoms with E-state index < -0.39 is 0 Å². The Kier molecular flexibility index (Phi) is 7.50. The average Bonchev–Trinajstić information content (AvgIpc) is 2.85. The molecule has 0 saturated heterocycles. The summed E-state index contributed by atoms with van der Waals surface area (Å²) < 4.78 is 0. The molecule has 1 aromatic carbocycles. The number of fused-ring (bicyclic) bond motifs is 1. The molecule has 0 spiro atoms. The molecule has 21 heavy (non-hydrogen) atoms. The summed E-state index contributed by atoms with van der Waals surface area (Å²) >= 11 is 0. The fraction of sp³-hybridized carbons (Fsp3) is 0.700. The zero-order valence-corrected chi connectivity index (χ0v) is 16.1. The maximum absolute atomic E-state index is 2.52. The Bertz CT molecular complexity index is 418. The highest BCUT2D eigenvalue weighted by atomic mass is 15.2. The van der Waals surface area contributed by atoms with Crippen LogP contribution in [0.4, 0.5) is 5.69 Å². The van der Waals surface area contributed by atoms with Gasteiger partial charge in [-0.25, -0.2) is 0 Å². The molecule has 0 radical (unpaired) electrons. The first-order valence-corrected chi connectivity index (χ1v) is 8.61. The molecule has 0 N–H and O–H groups in total. The van der Waals surface area contributed by atoms with Gasteiger partial charge in [0.1, 0.15) is 0 Å². The van der Waals surface area contributed by atoms with Gasteiger partial charge in [0, 0.05) is 17.8 Å². The molecular formula is C20H37N. The van der Waals surface area contributed by atoms with Gasteiger partial charge in [-0.2, -0.15) is 0 Å². The number of anilines is 1. The van der Waals surface area contributed by atoms with E-state index in [1.165, 1.54) is 23.2 Å². The van der Waals surface area contributed by atoms with E-state index in [1.807, 2.05) is 27.7 Å². The number of hydrogen-bond acceptors (Lipinski definition) is 1. The standard InChI is InChI=1S/C16H25N.2C2H6/c1-15(2,3)13-7-8-14-12(11-13)9-10-17(14)16(4,5)6;2*1-2/h7-8,11H,9-10H2,1-6H3;2*1-2H3. The molecule has 0 fully saturated rings. The second-order valence-electron chi connectivity index (χ2n) is 7.17. The Labute approximate surface area is 133 Å². The van der Waals surface area contributed by atoms with Crippen molar-refractivity contribution in [1.29, 1.82) is 0 Å². The Morgan fingerprint density at radius 1 is 0.857 bits per heavy atom. The summed E-state index contributed by atoms with van der Waals surface area (Å²) in [6.45, 7) is 22.9. The molecule has 0 saturated carbocycles. The Morgan fingerprint density at radius 2 is 1.38 bits per heavy atom. The summed E-state index contributed by atoms with van der Waals surface area (Å²) in [7, 11) is 0. The molecule has 122 valence electrons. The number of hydrogen-bond donors (Lipinski definition) is 0. The topological polar surface area (TPSA) is 3.24 Å². The van der Waals surface area contributed by atoms with E-state index in [9.17, 15) is 0 Å². The van der Waals surface area contributed by atoms with Crippen LogP contribution in [0.3, 0.4) is 0 Å². The van der Waals surface area contributed by atoms with Gasteiger partial charge >= 0.3 is 0 Å². The summed E-state index contributed by atoms with van der Waals surface area (Å²) in [5.74, 6) is 0. The third kappa shape index (κ3) is 5.05. The van der Waals surface area contributed by atoms with Gasteiger partial charge in [0.25, 0.3) is 0 Å². The molecule has 0 bridgehead atoms. The van der Waals surface area contributed by atoms with Crippen molar-refractivity contribution in [3.05, 3.63) is 29.3 Å². The van der Waals surface area contributed by atoms with E-state index >= 15 is 0 Å². The van der Waals surface area contributed by atoms with E-state index in [2.05, 4.69) is 64.6 Å². The molecule has 0 aromatic heterocycles. The minimum absolute atomic E-state index is 0.231. The van der Waals surface area contributed by atoms with E-state index in [-0.39, 0.29) is 11.0 Å². The normalized spacial score (nSPS) is 13.7. The van der Waals surface area contributed by atoms with Gasteiger partial charge < -0.3 is 4.90 Å². The van der Waals surface area contributed by atoms with Crippen LogP contribution < -0.4 is 4.90 Å². The Morgan fingerprint density at radius 3 is 1.81 bits per heavy atom. The van der Waals surface area contributed by atoms with Crippen LogP contribution >= 0.6 is 0 Å². The second kappa shape index (κ2) is 7.87. The molecular weight excluding hydrogens is 254 g/mol. The van der Waals surface area contributed by atoms with Crippen molar-refractivity contribution >= 4 is 5.69 Å². The highest BCUT2D eigenvalue weighted by molar-refractivity contribution is 5.61. The molecule has 1 nitrogen and oxygen atoms in total. The molecule has 0 unspecified atom stereocenters. The molecule has 0 aliphatic carbocycles. The summed E-state index contributed by atoms with van der Waals surface area (Å²) in [4.78, 5) is 2.52. The number of benzene rings is 1. The van der Waals surface area contributed by atoms with Gasteiger partial charge in [-0.15, -0.1) is 0 Å². The van der Waals surface area contributed by atoms with Gasteiger partial charge in [0.2, 0.25) is 0 Å². The molecule has 0 amide bonds.